The molecule has 1 aliphatic rings. The van der Waals surface area contributed by atoms with Gasteiger partial charge in [0.05, 0.1) is 0 Å². The predicted octanol–water partition coefficient (Wildman–Crippen LogP) is 11.6. The highest BCUT2D eigenvalue weighted by Crippen LogP contribution is 2.25. The van der Waals surface area contributed by atoms with Gasteiger partial charge < -0.3 is 9.80 Å². The molecule has 0 saturated carbocycles. The van der Waals surface area contributed by atoms with E-state index in [1.54, 1.807) is 0 Å². The topological polar surface area (TPSA) is 6.48 Å². The summed E-state index contributed by atoms with van der Waals surface area (Å²) in [7, 11) is 0. The quantitative estimate of drug-likeness (QED) is 0.111. The summed E-state index contributed by atoms with van der Waals surface area (Å²) in [6, 6.07) is 11.0. The van der Waals surface area contributed by atoms with Crippen LogP contribution in [0.2, 0.25) is 0 Å². The first-order valence-corrected chi connectivity index (χ1v) is 17.1. The summed E-state index contributed by atoms with van der Waals surface area (Å²) in [6.07, 6.45) is 38.0. The molecule has 0 radical (unpaired) electrons. The van der Waals surface area contributed by atoms with Crippen LogP contribution in [0.5, 0.6) is 0 Å². The van der Waals surface area contributed by atoms with Crippen LogP contribution in [0.3, 0.4) is 0 Å². The Morgan fingerprint density at radius 2 is 0.895 bits per heavy atom. The molecular formula is C36H64N2. The van der Waals surface area contributed by atoms with E-state index in [9.17, 15) is 0 Å². The number of nitrogens with zero attached hydrogens (tertiary/aromatic N) is 2. The summed E-state index contributed by atoms with van der Waals surface area (Å²) in [5, 5.41) is 0. The van der Waals surface area contributed by atoms with Crippen LogP contribution in [0, 0.1) is 0 Å². The van der Waals surface area contributed by atoms with Crippen molar-refractivity contribution in [3.05, 3.63) is 48.3 Å². The van der Waals surface area contributed by atoms with Crippen LogP contribution >= 0.6 is 0 Å². The summed E-state index contributed by atoms with van der Waals surface area (Å²) in [4.78, 5) is 5.23. The Bertz CT molecular complexity index is 655. The van der Waals surface area contributed by atoms with E-state index in [0.29, 0.717) is 6.17 Å². The zero-order valence-corrected chi connectivity index (χ0v) is 25.7. The molecule has 1 heterocycles. The average molecular weight is 525 g/mol. The van der Waals surface area contributed by atoms with Crippen LogP contribution in [0.25, 0.3) is 0 Å². The molecule has 0 fully saturated rings. The predicted molar refractivity (Wildman–Crippen MR) is 169 cm³/mol. The SMILES string of the molecule is CCCCCCCCCCCCCCCCCCCN1C=CN(Cc2ccccc2)C1CCCCCCC. The van der Waals surface area contributed by atoms with Gasteiger partial charge in [0, 0.05) is 25.5 Å². The number of benzene rings is 1. The number of rotatable bonds is 26. The Labute approximate surface area is 238 Å². The molecule has 0 saturated heterocycles. The maximum atomic E-state index is 2.65. The molecule has 38 heavy (non-hydrogen) atoms. The molecule has 218 valence electrons. The molecule has 1 aromatic rings. The summed E-state index contributed by atoms with van der Waals surface area (Å²) in [6.45, 7) is 6.87. The van der Waals surface area contributed by atoms with Gasteiger partial charge in [0.1, 0.15) is 6.17 Å². The van der Waals surface area contributed by atoms with Crippen molar-refractivity contribution in [2.45, 2.75) is 174 Å². The molecular weight excluding hydrogens is 460 g/mol. The first-order valence-electron chi connectivity index (χ1n) is 17.1. The van der Waals surface area contributed by atoms with Crippen molar-refractivity contribution in [3.63, 3.8) is 0 Å². The molecule has 0 bridgehead atoms. The lowest BCUT2D eigenvalue weighted by Gasteiger charge is -2.33. The van der Waals surface area contributed by atoms with Crippen LogP contribution < -0.4 is 0 Å². The van der Waals surface area contributed by atoms with Crippen molar-refractivity contribution in [2.75, 3.05) is 6.54 Å². The Hall–Kier alpha value is -1.44. The second-order valence-electron chi connectivity index (χ2n) is 12.0. The highest BCUT2D eigenvalue weighted by Gasteiger charge is 2.25. The van der Waals surface area contributed by atoms with Crippen LogP contribution in [-0.4, -0.2) is 22.5 Å². The molecule has 0 aliphatic carbocycles. The molecule has 1 aliphatic heterocycles. The van der Waals surface area contributed by atoms with E-state index in [1.807, 2.05) is 0 Å². The molecule has 2 nitrogen and oxygen atoms in total. The Kier molecular flexibility index (Phi) is 20.2. The van der Waals surface area contributed by atoms with Gasteiger partial charge >= 0.3 is 0 Å². The zero-order valence-electron chi connectivity index (χ0n) is 25.7. The Morgan fingerprint density at radius 3 is 1.39 bits per heavy atom. The molecule has 0 amide bonds. The fourth-order valence-electron chi connectivity index (χ4n) is 6.02. The summed E-state index contributed by atoms with van der Waals surface area (Å²) in [5.41, 5.74) is 1.42. The monoisotopic (exact) mass is 525 g/mol. The second-order valence-corrected chi connectivity index (χ2v) is 12.0. The maximum absolute atomic E-state index is 2.65. The number of unbranched alkanes of at least 4 members (excludes halogenated alkanes) is 20. The lowest BCUT2D eigenvalue weighted by molar-refractivity contribution is 0.132. The fourth-order valence-corrected chi connectivity index (χ4v) is 6.02. The van der Waals surface area contributed by atoms with Gasteiger partial charge in [-0.1, -0.05) is 173 Å². The largest absolute Gasteiger partial charge is 0.356 e. The van der Waals surface area contributed by atoms with E-state index >= 15 is 0 Å². The van der Waals surface area contributed by atoms with Gasteiger partial charge in [0.2, 0.25) is 0 Å². The van der Waals surface area contributed by atoms with Gasteiger partial charge in [-0.2, -0.15) is 0 Å². The minimum absolute atomic E-state index is 0.554. The van der Waals surface area contributed by atoms with E-state index in [4.69, 9.17) is 0 Å². The summed E-state index contributed by atoms with van der Waals surface area (Å²) < 4.78 is 0. The van der Waals surface area contributed by atoms with Gasteiger partial charge in [0.15, 0.2) is 0 Å². The third kappa shape index (κ3) is 15.8. The molecule has 1 aromatic carbocycles. The number of hydrogen-bond acceptors (Lipinski definition) is 2. The molecule has 0 aromatic heterocycles. The fraction of sp³-hybridized carbons (Fsp3) is 0.778. The van der Waals surface area contributed by atoms with Crippen molar-refractivity contribution in [1.29, 1.82) is 0 Å². The van der Waals surface area contributed by atoms with E-state index in [0.717, 1.165) is 6.54 Å². The molecule has 1 atom stereocenters. The van der Waals surface area contributed by atoms with Crippen LogP contribution in [0.4, 0.5) is 0 Å². The Morgan fingerprint density at radius 1 is 0.474 bits per heavy atom. The van der Waals surface area contributed by atoms with Gasteiger partial charge in [0.25, 0.3) is 0 Å². The lowest BCUT2D eigenvalue weighted by Crippen LogP contribution is -2.38. The minimum Gasteiger partial charge on any atom is -0.356 e. The summed E-state index contributed by atoms with van der Waals surface area (Å²) in [5.74, 6) is 0. The maximum Gasteiger partial charge on any atom is 0.101 e. The smallest absolute Gasteiger partial charge is 0.101 e. The minimum atomic E-state index is 0.554. The molecule has 0 N–H and O–H groups in total. The first kappa shape index (κ1) is 32.8. The molecule has 2 heteroatoms. The van der Waals surface area contributed by atoms with Crippen molar-refractivity contribution < 1.29 is 0 Å². The van der Waals surface area contributed by atoms with Crippen molar-refractivity contribution in [2.24, 2.45) is 0 Å². The molecule has 0 spiro atoms. The van der Waals surface area contributed by atoms with Crippen molar-refractivity contribution >= 4 is 0 Å². The zero-order chi connectivity index (χ0) is 26.9. The van der Waals surface area contributed by atoms with Crippen LogP contribution in [-0.2, 0) is 6.54 Å². The number of hydrogen-bond donors (Lipinski definition) is 0. The van der Waals surface area contributed by atoms with E-state index < -0.39 is 0 Å². The normalized spacial score (nSPS) is 15.2. The molecule has 1 unspecified atom stereocenters. The standard InChI is InChI=1S/C36H64N2/c1-3-5-7-9-10-11-12-13-14-15-16-17-18-19-20-22-27-31-37-32-33-38(34-35-28-24-23-25-29-35)36(37)30-26-21-8-6-4-2/h23-25,28-29,32-33,36H,3-22,26-27,30-31,34H2,1-2H3. The second kappa shape index (κ2) is 23.4. The molecule has 2 rings (SSSR count). The van der Waals surface area contributed by atoms with Crippen LogP contribution in [0.1, 0.15) is 167 Å². The summed E-state index contributed by atoms with van der Waals surface area (Å²) >= 11 is 0. The highest BCUT2D eigenvalue weighted by molar-refractivity contribution is 5.16. The van der Waals surface area contributed by atoms with Gasteiger partial charge in [-0.3, -0.25) is 0 Å². The highest BCUT2D eigenvalue weighted by atomic mass is 15.4. The average Bonchev–Trinajstić information content (AvgIpc) is 3.31. The van der Waals surface area contributed by atoms with Gasteiger partial charge in [-0.25, -0.2) is 0 Å². The van der Waals surface area contributed by atoms with Crippen molar-refractivity contribution in [3.8, 4) is 0 Å². The van der Waals surface area contributed by atoms with Crippen molar-refractivity contribution in [1.82, 2.24) is 9.80 Å². The van der Waals surface area contributed by atoms with E-state index in [2.05, 4.69) is 66.4 Å². The Balaban J connectivity index is 1.49. The lowest BCUT2D eigenvalue weighted by atomic mass is 10.0. The third-order valence-corrected chi connectivity index (χ3v) is 8.51. The van der Waals surface area contributed by atoms with Gasteiger partial charge in [-0.05, 0) is 24.8 Å². The third-order valence-electron chi connectivity index (χ3n) is 8.51. The van der Waals surface area contributed by atoms with Crippen LogP contribution in [0.15, 0.2) is 42.7 Å². The first-order chi connectivity index (χ1) is 18.8. The van der Waals surface area contributed by atoms with Gasteiger partial charge in [-0.15, -0.1) is 0 Å². The van der Waals surface area contributed by atoms with E-state index in [1.165, 1.54) is 160 Å². The van der Waals surface area contributed by atoms with E-state index in [-0.39, 0.29) is 0 Å².